The first-order valence-corrected chi connectivity index (χ1v) is 14.6. The summed E-state index contributed by atoms with van der Waals surface area (Å²) in [6.07, 6.45) is 5.46. The molecule has 2 aliphatic rings. The lowest BCUT2D eigenvalue weighted by Gasteiger charge is -2.34. The standard InChI is InChI=1S/C19H26N2O2.C10H11ClN2O2.C2H7N/c1-15-6-4-5-12-21(15)19(23)10-9-18(22)20-13-11-16-7-2-3-8-17(16)14-20;1-7-4-8(2-3-9(7)11)13-10(15)5-12-6-14;1-2-3/h2-3,7-8,15H,4-6,9-14H2,1H3;2-4,6H,5H2,1H3,(H,12,14)(H,13,15);2-3H2,1H3. The number of nitrogens with two attached hydrogens (primary N) is 1. The number of nitrogens with zero attached hydrogens (tertiary/aromatic N) is 2. The maximum Gasteiger partial charge on any atom is 0.243 e. The van der Waals surface area contributed by atoms with Gasteiger partial charge in [-0.25, -0.2) is 0 Å². The molecule has 41 heavy (non-hydrogen) atoms. The number of carbonyl (C=O) groups excluding carboxylic acids is 4. The predicted molar refractivity (Wildman–Crippen MR) is 163 cm³/mol. The highest BCUT2D eigenvalue weighted by Crippen LogP contribution is 2.21. The third-order valence-electron chi connectivity index (χ3n) is 6.95. The van der Waals surface area contributed by atoms with Crippen molar-refractivity contribution in [2.24, 2.45) is 5.73 Å². The smallest absolute Gasteiger partial charge is 0.243 e. The molecule has 4 rings (SSSR count). The largest absolute Gasteiger partial charge is 0.350 e. The van der Waals surface area contributed by atoms with E-state index in [1.165, 1.54) is 17.5 Å². The third kappa shape index (κ3) is 11.5. The Hall–Kier alpha value is -3.43. The fraction of sp³-hybridized carbons (Fsp3) is 0.484. The summed E-state index contributed by atoms with van der Waals surface area (Å²) in [5.41, 5.74) is 8.98. The van der Waals surface area contributed by atoms with E-state index in [1.54, 1.807) is 18.2 Å². The number of likely N-dealkylation sites (tertiary alicyclic amines) is 1. The summed E-state index contributed by atoms with van der Waals surface area (Å²) in [6, 6.07) is 13.8. The molecule has 9 nitrogen and oxygen atoms in total. The zero-order valence-corrected chi connectivity index (χ0v) is 25.2. The van der Waals surface area contributed by atoms with Gasteiger partial charge in [0, 0.05) is 49.2 Å². The zero-order chi connectivity index (χ0) is 30.2. The van der Waals surface area contributed by atoms with Gasteiger partial charge in [0.2, 0.25) is 24.1 Å². The maximum absolute atomic E-state index is 12.4. The maximum atomic E-state index is 12.4. The lowest BCUT2D eigenvalue weighted by molar-refractivity contribution is -0.139. The van der Waals surface area contributed by atoms with Gasteiger partial charge in [0.1, 0.15) is 0 Å². The summed E-state index contributed by atoms with van der Waals surface area (Å²) in [5.74, 6) is -0.0238. The van der Waals surface area contributed by atoms with Crippen molar-refractivity contribution in [1.82, 2.24) is 15.1 Å². The van der Waals surface area contributed by atoms with Gasteiger partial charge in [-0.1, -0.05) is 42.8 Å². The van der Waals surface area contributed by atoms with E-state index in [4.69, 9.17) is 17.3 Å². The van der Waals surface area contributed by atoms with E-state index < -0.39 is 0 Å². The second-order valence-corrected chi connectivity index (χ2v) is 10.6. The number of piperidine rings is 1. The number of carbonyl (C=O) groups is 4. The first kappa shape index (κ1) is 33.8. The molecule has 0 spiro atoms. The van der Waals surface area contributed by atoms with Gasteiger partial charge in [0.05, 0.1) is 6.54 Å². The van der Waals surface area contributed by atoms with E-state index in [1.807, 2.05) is 29.7 Å². The van der Waals surface area contributed by atoms with Crippen molar-refractivity contribution in [3.8, 4) is 0 Å². The Balaban J connectivity index is 0.000000283. The van der Waals surface area contributed by atoms with Crippen molar-refractivity contribution in [2.45, 2.75) is 71.9 Å². The van der Waals surface area contributed by atoms with E-state index in [-0.39, 0.29) is 24.3 Å². The normalized spacial score (nSPS) is 15.7. The molecule has 0 bridgehead atoms. The number of halogens is 1. The molecule has 2 aromatic carbocycles. The van der Waals surface area contributed by atoms with E-state index in [9.17, 15) is 19.2 Å². The van der Waals surface area contributed by atoms with Crippen LogP contribution in [0.25, 0.3) is 0 Å². The summed E-state index contributed by atoms with van der Waals surface area (Å²) in [6.45, 7) is 8.88. The van der Waals surface area contributed by atoms with Crippen LogP contribution >= 0.6 is 11.6 Å². The SMILES string of the molecule is CC1CCCCN1C(=O)CCC(=O)N1CCc2ccccc2C1.CCN.Cc1cc(NC(=O)CNC=O)ccc1Cl. The lowest BCUT2D eigenvalue weighted by atomic mass is 9.99. The van der Waals surface area contributed by atoms with Crippen molar-refractivity contribution >= 4 is 41.4 Å². The minimum absolute atomic E-state index is 0.0365. The van der Waals surface area contributed by atoms with Crippen LogP contribution in [0.4, 0.5) is 5.69 Å². The van der Waals surface area contributed by atoms with Gasteiger partial charge in [-0.2, -0.15) is 0 Å². The van der Waals surface area contributed by atoms with Crippen LogP contribution in [-0.2, 0) is 32.1 Å². The fourth-order valence-electron chi connectivity index (χ4n) is 4.75. The molecule has 0 aliphatic carbocycles. The van der Waals surface area contributed by atoms with Crippen LogP contribution in [-0.4, -0.2) is 66.2 Å². The van der Waals surface area contributed by atoms with Crippen molar-refractivity contribution in [3.63, 3.8) is 0 Å². The zero-order valence-electron chi connectivity index (χ0n) is 24.5. The van der Waals surface area contributed by atoms with Gasteiger partial charge >= 0.3 is 0 Å². The first-order valence-electron chi connectivity index (χ1n) is 14.3. The number of hydrogen-bond donors (Lipinski definition) is 3. The first-order chi connectivity index (χ1) is 19.7. The van der Waals surface area contributed by atoms with Crippen molar-refractivity contribution < 1.29 is 19.2 Å². The summed E-state index contributed by atoms with van der Waals surface area (Å²) >= 11 is 5.83. The monoisotopic (exact) mass is 585 g/mol. The van der Waals surface area contributed by atoms with Crippen LogP contribution in [0.1, 0.15) is 62.6 Å². The summed E-state index contributed by atoms with van der Waals surface area (Å²) in [5, 5.41) is 5.55. The number of rotatable bonds is 7. The molecule has 1 saturated heterocycles. The Morgan fingerprint density at radius 2 is 1.73 bits per heavy atom. The van der Waals surface area contributed by atoms with Gasteiger partial charge in [-0.3, -0.25) is 19.2 Å². The molecule has 4 N–H and O–H groups in total. The molecule has 4 amide bonds. The molecule has 2 heterocycles. The van der Waals surface area contributed by atoms with Crippen LogP contribution in [0.5, 0.6) is 0 Å². The number of anilines is 1. The van der Waals surface area contributed by atoms with Crippen LogP contribution in [0.2, 0.25) is 5.02 Å². The number of benzene rings is 2. The van der Waals surface area contributed by atoms with Crippen molar-refractivity contribution in [2.75, 3.05) is 31.5 Å². The second kappa shape index (κ2) is 18.1. The molecule has 2 aromatic rings. The highest BCUT2D eigenvalue weighted by Gasteiger charge is 2.25. The molecule has 2 aliphatic heterocycles. The molecule has 1 atom stereocenters. The summed E-state index contributed by atoms with van der Waals surface area (Å²) < 4.78 is 0. The molecule has 10 heteroatoms. The Labute approximate surface area is 248 Å². The highest BCUT2D eigenvalue weighted by atomic mass is 35.5. The predicted octanol–water partition coefficient (Wildman–Crippen LogP) is 4.05. The van der Waals surface area contributed by atoms with Crippen LogP contribution in [0.3, 0.4) is 0 Å². The second-order valence-electron chi connectivity index (χ2n) is 10.2. The average Bonchev–Trinajstić information content (AvgIpc) is 2.97. The fourth-order valence-corrected chi connectivity index (χ4v) is 4.87. The molecule has 1 unspecified atom stereocenters. The Morgan fingerprint density at radius 1 is 1.05 bits per heavy atom. The highest BCUT2D eigenvalue weighted by molar-refractivity contribution is 6.31. The van der Waals surface area contributed by atoms with Crippen molar-refractivity contribution in [3.05, 3.63) is 64.2 Å². The van der Waals surface area contributed by atoms with Gasteiger partial charge < -0.3 is 26.2 Å². The Morgan fingerprint density at radius 3 is 2.39 bits per heavy atom. The minimum Gasteiger partial charge on any atom is -0.350 e. The molecular weight excluding hydrogens is 542 g/mol. The van der Waals surface area contributed by atoms with Gasteiger partial charge in [-0.05, 0) is 81.0 Å². The molecule has 0 radical (unpaired) electrons. The van der Waals surface area contributed by atoms with E-state index in [0.717, 1.165) is 44.5 Å². The number of aryl methyl sites for hydroxylation is 1. The quantitative estimate of drug-likeness (QED) is 0.423. The van der Waals surface area contributed by atoms with Crippen LogP contribution in [0, 0.1) is 6.92 Å². The molecule has 224 valence electrons. The van der Waals surface area contributed by atoms with Crippen molar-refractivity contribution in [1.29, 1.82) is 0 Å². The number of amides is 4. The summed E-state index contributed by atoms with van der Waals surface area (Å²) in [4.78, 5) is 49.8. The number of nitrogens with one attached hydrogen (secondary N) is 2. The summed E-state index contributed by atoms with van der Waals surface area (Å²) in [7, 11) is 0. The topological polar surface area (TPSA) is 125 Å². The van der Waals surface area contributed by atoms with Gasteiger partial charge in [-0.15, -0.1) is 0 Å². The molecular formula is C31H44ClN5O4. The minimum atomic E-state index is -0.274. The number of fused-ring (bicyclic) bond motifs is 1. The average molecular weight is 586 g/mol. The molecule has 0 saturated carbocycles. The van der Waals surface area contributed by atoms with Gasteiger partial charge in [0.25, 0.3) is 0 Å². The molecule has 1 fully saturated rings. The van der Waals surface area contributed by atoms with Crippen LogP contribution < -0.4 is 16.4 Å². The Bertz CT molecular complexity index is 1160. The van der Waals surface area contributed by atoms with Gasteiger partial charge in [0.15, 0.2) is 0 Å². The lowest BCUT2D eigenvalue weighted by Crippen LogP contribution is -2.42. The Kier molecular flexibility index (Phi) is 14.9. The van der Waals surface area contributed by atoms with E-state index >= 15 is 0 Å². The third-order valence-corrected chi connectivity index (χ3v) is 7.37. The molecule has 0 aromatic heterocycles. The van der Waals surface area contributed by atoms with E-state index in [0.29, 0.717) is 42.5 Å². The number of hydrogen-bond acceptors (Lipinski definition) is 5. The van der Waals surface area contributed by atoms with Crippen LogP contribution in [0.15, 0.2) is 42.5 Å². The van der Waals surface area contributed by atoms with E-state index in [2.05, 4.69) is 35.8 Å².